The standard InChI is InChI=1S/C19H21NO4/c1-22-17-8-4-5-9-18(17)24-13-19(21)20-12-14-10-11-23-16-7-3-2-6-15(14)16/h2-9,14H,10-13H2,1H3,(H,20,21). The van der Waals surface area contributed by atoms with E-state index in [0.29, 0.717) is 24.7 Å². The molecule has 0 bridgehead atoms. The van der Waals surface area contributed by atoms with Crippen LogP contribution in [-0.4, -0.2) is 32.8 Å². The lowest BCUT2D eigenvalue weighted by Gasteiger charge is -2.26. The summed E-state index contributed by atoms with van der Waals surface area (Å²) in [6, 6.07) is 15.2. The lowest BCUT2D eigenvalue weighted by molar-refractivity contribution is -0.123. The number of rotatable bonds is 6. The third kappa shape index (κ3) is 3.79. The molecule has 1 heterocycles. The van der Waals surface area contributed by atoms with E-state index < -0.39 is 0 Å². The number of hydrogen-bond acceptors (Lipinski definition) is 4. The zero-order chi connectivity index (χ0) is 16.8. The Morgan fingerprint density at radius 3 is 2.75 bits per heavy atom. The first kappa shape index (κ1) is 16.2. The van der Waals surface area contributed by atoms with Crippen LogP contribution in [0.3, 0.4) is 0 Å². The number of fused-ring (bicyclic) bond motifs is 1. The Kier molecular flexibility index (Phi) is 5.21. The molecular formula is C19H21NO4. The van der Waals surface area contributed by atoms with Gasteiger partial charge in [0.2, 0.25) is 0 Å². The number of methoxy groups -OCH3 is 1. The molecule has 1 atom stereocenters. The maximum Gasteiger partial charge on any atom is 0.257 e. The number of ether oxygens (including phenoxy) is 3. The summed E-state index contributed by atoms with van der Waals surface area (Å²) in [6.45, 7) is 1.22. The van der Waals surface area contributed by atoms with Gasteiger partial charge in [0.25, 0.3) is 5.91 Å². The Morgan fingerprint density at radius 2 is 1.92 bits per heavy atom. The average molecular weight is 327 g/mol. The van der Waals surface area contributed by atoms with Crippen molar-refractivity contribution in [3.8, 4) is 17.2 Å². The van der Waals surface area contributed by atoms with Gasteiger partial charge in [-0.05, 0) is 30.2 Å². The van der Waals surface area contributed by atoms with Gasteiger partial charge < -0.3 is 19.5 Å². The van der Waals surface area contributed by atoms with Crippen molar-refractivity contribution in [2.24, 2.45) is 0 Å². The van der Waals surface area contributed by atoms with Crippen molar-refractivity contribution < 1.29 is 19.0 Å². The lowest BCUT2D eigenvalue weighted by Crippen LogP contribution is -2.34. The highest BCUT2D eigenvalue weighted by molar-refractivity contribution is 5.77. The third-order valence-electron chi connectivity index (χ3n) is 4.06. The van der Waals surface area contributed by atoms with Crippen LogP contribution in [0, 0.1) is 0 Å². The topological polar surface area (TPSA) is 56.8 Å². The van der Waals surface area contributed by atoms with Gasteiger partial charge in [-0.1, -0.05) is 30.3 Å². The van der Waals surface area contributed by atoms with Gasteiger partial charge in [0, 0.05) is 12.5 Å². The molecule has 5 heteroatoms. The lowest BCUT2D eigenvalue weighted by atomic mass is 9.93. The number of nitrogens with one attached hydrogen (secondary N) is 1. The van der Waals surface area contributed by atoms with Crippen molar-refractivity contribution in [2.45, 2.75) is 12.3 Å². The van der Waals surface area contributed by atoms with Crippen LogP contribution in [0.2, 0.25) is 0 Å². The van der Waals surface area contributed by atoms with Crippen molar-refractivity contribution in [3.63, 3.8) is 0 Å². The first-order chi connectivity index (χ1) is 11.8. The van der Waals surface area contributed by atoms with E-state index in [-0.39, 0.29) is 18.4 Å². The molecule has 1 aliphatic heterocycles. The van der Waals surface area contributed by atoms with Gasteiger partial charge in [-0.2, -0.15) is 0 Å². The van der Waals surface area contributed by atoms with E-state index in [1.165, 1.54) is 0 Å². The molecule has 1 unspecified atom stereocenters. The van der Waals surface area contributed by atoms with Crippen LogP contribution in [0.15, 0.2) is 48.5 Å². The molecule has 0 aromatic heterocycles. The molecule has 0 spiro atoms. The molecule has 5 nitrogen and oxygen atoms in total. The van der Waals surface area contributed by atoms with E-state index in [2.05, 4.69) is 11.4 Å². The molecule has 1 amide bonds. The normalized spacial score (nSPS) is 15.8. The van der Waals surface area contributed by atoms with Crippen LogP contribution in [0.1, 0.15) is 17.9 Å². The number of carbonyl (C=O) groups excluding carboxylic acids is 1. The average Bonchev–Trinajstić information content (AvgIpc) is 2.64. The molecule has 0 saturated heterocycles. The Labute approximate surface area is 141 Å². The van der Waals surface area contributed by atoms with Gasteiger partial charge in [0.15, 0.2) is 18.1 Å². The first-order valence-electron chi connectivity index (χ1n) is 8.02. The largest absolute Gasteiger partial charge is 0.493 e. The summed E-state index contributed by atoms with van der Waals surface area (Å²) in [7, 11) is 1.57. The monoisotopic (exact) mass is 327 g/mol. The summed E-state index contributed by atoms with van der Waals surface area (Å²) >= 11 is 0. The first-order valence-corrected chi connectivity index (χ1v) is 8.02. The van der Waals surface area contributed by atoms with Gasteiger partial charge in [-0.15, -0.1) is 0 Å². The van der Waals surface area contributed by atoms with Crippen molar-refractivity contribution in [3.05, 3.63) is 54.1 Å². The third-order valence-corrected chi connectivity index (χ3v) is 4.06. The Hall–Kier alpha value is -2.69. The summed E-state index contributed by atoms with van der Waals surface area (Å²) in [6.07, 6.45) is 0.894. The van der Waals surface area contributed by atoms with Crippen molar-refractivity contribution in [1.82, 2.24) is 5.32 Å². The van der Waals surface area contributed by atoms with Crippen LogP contribution >= 0.6 is 0 Å². The molecule has 0 saturated carbocycles. The van der Waals surface area contributed by atoms with E-state index in [1.54, 1.807) is 19.2 Å². The second-order valence-corrected chi connectivity index (χ2v) is 5.62. The van der Waals surface area contributed by atoms with Crippen molar-refractivity contribution >= 4 is 5.91 Å². The maximum atomic E-state index is 12.1. The summed E-state index contributed by atoms with van der Waals surface area (Å²) in [5, 5.41) is 2.94. The molecule has 3 rings (SSSR count). The molecule has 24 heavy (non-hydrogen) atoms. The van der Waals surface area contributed by atoms with Gasteiger partial charge in [0.1, 0.15) is 5.75 Å². The zero-order valence-corrected chi connectivity index (χ0v) is 13.7. The Balaban J connectivity index is 1.52. The molecule has 0 radical (unpaired) electrons. The highest BCUT2D eigenvalue weighted by atomic mass is 16.5. The SMILES string of the molecule is COc1ccccc1OCC(=O)NCC1CCOc2ccccc21. The van der Waals surface area contributed by atoms with Gasteiger partial charge in [0.05, 0.1) is 13.7 Å². The summed E-state index contributed by atoms with van der Waals surface area (Å²) in [4.78, 5) is 12.1. The smallest absolute Gasteiger partial charge is 0.257 e. The van der Waals surface area contributed by atoms with Crippen LogP contribution in [0.5, 0.6) is 17.2 Å². The fraction of sp³-hybridized carbons (Fsp3) is 0.316. The molecule has 126 valence electrons. The molecule has 1 aliphatic rings. The summed E-state index contributed by atoms with van der Waals surface area (Å²) < 4.78 is 16.4. The van der Waals surface area contributed by atoms with E-state index in [1.807, 2.05) is 30.3 Å². The minimum absolute atomic E-state index is 0.0365. The van der Waals surface area contributed by atoms with Crippen molar-refractivity contribution in [1.29, 1.82) is 0 Å². The minimum atomic E-state index is -0.148. The van der Waals surface area contributed by atoms with E-state index >= 15 is 0 Å². The van der Waals surface area contributed by atoms with Crippen LogP contribution in [-0.2, 0) is 4.79 Å². The van der Waals surface area contributed by atoms with Crippen LogP contribution in [0.4, 0.5) is 0 Å². The molecule has 1 N–H and O–H groups in total. The number of carbonyl (C=O) groups is 1. The summed E-state index contributed by atoms with van der Waals surface area (Å²) in [5.41, 5.74) is 1.15. The number of benzene rings is 2. The predicted octanol–water partition coefficient (Wildman–Crippen LogP) is 2.76. The number of hydrogen-bond donors (Lipinski definition) is 1. The van der Waals surface area contributed by atoms with Crippen molar-refractivity contribution in [2.75, 3.05) is 26.9 Å². The Morgan fingerprint density at radius 1 is 1.17 bits per heavy atom. The fourth-order valence-electron chi connectivity index (χ4n) is 2.80. The van der Waals surface area contributed by atoms with Gasteiger partial charge >= 0.3 is 0 Å². The maximum absolute atomic E-state index is 12.1. The molecule has 0 fully saturated rings. The van der Waals surface area contributed by atoms with Gasteiger partial charge in [-0.25, -0.2) is 0 Å². The second-order valence-electron chi connectivity index (χ2n) is 5.62. The van der Waals surface area contributed by atoms with E-state index in [4.69, 9.17) is 14.2 Å². The molecule has 2 aromatic rings. The van der Waals surface area contributed by atoms with E-state index in [0.717, 1.165) is 17.7 Å². The highest BCUT2D eigenvalue weighted by Gasteiger charge is 2.21. The van der Waals surface area contributed by atoms with E-state index in [9.17, 15) is 4.79 Å². The summed E-state index contributed by atoms with van der Waals surface area (Å²) in [5.74, 6) is 2.21. The predicted molar refractivity (Wildman–Crippen MR) is 90.8 cm³/mol. The highest BCUT2D eigenvalue weighted by Crippen LogP contribution is 2.32. The number of amides is 1. The zero-order valence-electron chi connectivity index (χ0n) is 13.7. The quantitative estimate of drug-likeness (QED) is 0.886. The molecular weight excluding hydrogens is 306 g/mol. The molecule has 2 aromatic carbocycles. The number of para-hydroxylation sites is 3. The fourth-order valence-corrected chi connectivity index (χ4v) is 2.80. The second kappa shape index (κ2) is 7.73. The molecule has 0 aliphatic carbocycles. The minimum Gasteiger partial charge on any atom is -0.493 e. The van der Waals surface area contributed by atoms with Gasteiger partial charge in [-0.3, -0.25) is 4.79 Å². The van der Waals surface area contributed by atoms with Crippen LogP contribution < -0.4 is 19.5 Å². The Bertz CT molecular complexity index is 701. The van der Waals surface area contributed by atoms with Crippen LogP contribution in [0.25, 0.3) is 0 Å².